The standard InChI is InChI=1S/C15H18FN3/c1-12(2)10-19(7-3-6-17)11-14-8-15(16)5-4-13(14)9-18/h4-5,8,12H,3,7,10-11H2,1-2H3. The van der Waals surface area contributed by atoms with E-state index >= 15 is 0 Å². The Labute approximate surface area is 113 Å². The second-order valence-electron chi connectivity index (χ2n) is 4.95. The molecule has 0 N–H and O–H groups in total. The molecule has 100 valence electrons. The molecule has 0 aliphatic heterocycles. The van der Waals surface area contributed by atoms with E-state index in [1.165, 1.54) is 18.2 Å². The Morgan fingerprint density at radius 3 is 2.63 bits per heavy atom. The van der Waals surface area contributed by atoms with E-state index < -0.39 is 0 Å². The summed E-state index contributed by atoms with van der Waals surface area (Å²) in [6.45, 7) is 6.14. The molecule has 1 aromatic rings. The SMILES string of the molecule is CC(C)CN(CCC#N)Cc1cc(F)ccc1C#N. The number of rotatable bonds is 6. The van der Waals surface area contributed by atoms with Crippen LogP contribution in [0.5, 0.6) is 0 Å². The van der Waals surface area contributed by atoms with Crippen molar-refractivity contribution in [1.29, 1.82) is 10.5 Å². The van der Waals surface area contributed by atoms with Crippen LogP contribution in [0.4, 0.5) is 4.39 Å². The van der Waals surface area contributed by atoms with Crippen molar-refractivity contribution < 1.29 is 4.39 Å². The first-order valence-electron chi connectivity index (χ1n) is 6.34. The summed E-state index contributed by atoms with van der Waals surface area (Å²) in [5, 5.41) is 17.7. The minimum Gasteiger partial charge on any atom is -0.298 e. The Hall–Kier alpha value is -1.91. The van der Waals surface area contributed by atoms with E-state index in [9.17, 15) is 4.39 Å². The van der Waals surface area contributed by atoms with Crippen molar-refractivity contribution in [2.75, 3.05) is 13.1 Å². The molecular weight excluding hydrogens is 241 g/mol. The molecule has 0 aliphatic rings. The van der Waals surface area contributed by atoms with E-state index in [-0.39, 0.29) is 5.82 Å². The topological polar surface area (TPSA) is 50.8 Å². The van der Waals surface area contributed by atoms with Gasteiger partial charge in [0.2, 0.25) is 0 Å². The third kappa shape index (κ3) is 5.07. The molecule has 3 nitrogen and oxygen atoms in total. The highest BCUT2D eigenvalue weighted by atomic mass is 19.1. The van der Waals surface area contributed by atoms with E-state index in [1.54, 1.807) is 0 Å². The third-order valence-corrected chi connectivity index (χ3v) is 2.74. The maximum Gasteiger partial charge on any atom is 0.123 e. The second kappa shape index (κ2) is 7.51. The van der Waals surface area contributed by atoms with Crippen LogP contribution in [0.15, 0.2) is 18.2 Å². The van der Waals surface area contributed by atoms with Gasteiger partial charge in [-0.1, -0.05) is 13.8 Å². The Bertz CT molecular complexity index is 497. The van der Waals surface area contributed by atoms with Crippen molar-refractivity contribution >= 4 is 0 Å². The summed E-state index contributed by atoms with van der Waals surface area (Å²) in [5.74, 6) is 0.122. The molecule has 1 rings (SSSR count). The van der Waals surface area contributed by atoms with E-state index in [2.05, 4.69) is 30.9 Å². The maximum absolute atomic E-state index is 13.3. The van der Waals surface area contributed by atoms with Crippen molar-refractivity contribution in [3.05, 3.63) is 35.1 Å². The molecule has 0 heterocycles. The van der Waals surface area contributed by atoms with Crippen molar-refractivity contribution in [1.82, 2.24) is 4.90 Å². The van der Waals surface area contributed by atoms with Gasteiger partial charge >= 0.3 is 0 Å². The van der Waals surface area contributed by atoms with Crippen molar-refractivity contribution in [2.45, 2.75) is 26.8 Å². The molecule has 0 aromatic heterocycles. The van der Waals surface area contributed by atoms with Crippen molar-refractivity contribution in [3.8, 4) is 12.1 Å². The number of halogens is 1. The van der Waals surface area contributed by atoms with Gasteiger partial charge < -0.3 is 0 Å². The molecule has 19 heavy (non-hydrogen) atoms. The van der Waals surface area contributed by atoms with Crippen LogP contribution >= 0.6 is 0 Å². The van der Waals surface area contributed by atoms with Gasteiger partial charge in [0.15, 0.2) is 0 Å². The number of nitrogens with zero attached hydrogens (tertiary/aromatic N) is 3. The van der Waals surface area contributed by atoms with Crippen LogP contribution in [0, 0.1) is 34.4 Å². The van der Waals surface area contributed by atoms with Gasteiger partial charge in [-0.2, -0.15) is 10.5 Å². The normalized spacial score (nSPS) is 10.5. The smallest absolute Gasteiger partial charge is 0.123 e. The highest BCUT2D eigenvalue weighted by Crippen LogP contribution is 2.14. The molecular formula is C15H18FN3. The summed E-state index contributed by atoms with van der Waals surface area (Å²) in [6, 6.07) is 8.39. The predicted molar refractivity (Wildman–Crippen MR) is 71.5 cm³/mol. The van der Waals surface area contributed by atoms with Crippen LogP contribution in [0.2, 0.25) is 0 Å². The fraction of sp³-hybridized carbons (Fsp3) is 0.467. The zero-order valence-corrected chi connectivity index (χ0v) is 11.4. The summed E-state index contributed by atoms with van der Waals surface area (Å²) >= 11 is 0. The molecule has 0 spiro atoms. The van der Waals surface area contributed by atoms with E-state index in [0.29, 0.717) is 36.6 Å². The van der Waals surface area contributed by atoms with Gasteiger partial charge in [-0.05, 0) is 29.7 Å². The summed E-state index contributed by atoms with van der Waals surface area (Å²) in [6.07, 6.45) is 0.434. The van der Waals surface area contributed by atoms with E-state index in [4.69, 9.17) is 10.5 Å². The summed E-state index contributed by atoms with van der Waals surface area (Å²) in [7, 11) is 0. The van der Waals surface area contributed by atoms with Crippen LogP contribution in [0.1, 0.15) is 31.4 Å². The first kappa shape index (κ1) is 15.1. The van der Waals surface area contributed by atoms with Gasteiger partial charge in [0, 0.05) is 26.1 Å². The average molecular weight is 259 g/mol. The highest BCUT2D eigenvalue weighted by Gasteiger charge is 2.11. The molecule has 0 amide bonds. The molecule has 0 bridgehead atoms. The monoisotopic (exact) mass is 259 g/mol. The van der Waals surface area contributed by atoms with Gasteiger partial charge in [-0.15, -0.1) is 0 Å². The van der Waals surface area contributed by atoms with E-state index in [1.807, 2.05) is 0 Å². The van der Waals surface area contributed by atoms with Gasteiger partial charge in [0.1, 0.15) is 5.82 Å². The van der Waals surface area contributed by atoms with Gasteiger partial charge in [-0.25, -0.2) is 4.39 Å². The number of benzene rings is 1. The Kier molecular flexibility index (Phi) is 5.99. The lowest BCUT2D eigenvalue weighted by molar-refractivity contribution is 0.241. The minimum atomic E-state index is -0.334. The second-order valence-corrected chi connectivity index (χ2v) is 4.95. The van der Waals surface area contributed by atoms with E-state index in [0.717, 1.165) is 6.54 Å². The molecule has 0 fully saturated rings. The van der Waals surface area contributed by atoms with Crippen LogP contribution in [-0.4, -0.2) is 18.0 Å². The average Bonchev–Trinajstić information content (AvgIpc) is 2.35. The number of nitriles is 2. The highest BCUT2D eigenvalue weighted by molar-refractivity contribution is 5.37. The fourth-order valence-electron chi connectivity index (χ4n) is 2.00. The molecule has 0 unspecified atom stereocenters. The Balaban J connectivity index is 2.86. The quantitative estimate of drug-likeness (QED) is 0.789. The van der Waals surface area contributed by atoms with Crippen molar-refractivity contribution in [3.63, 3.8) is 0 Å². The zero-order valence-electron chi connectivity index (χ0n) is 11.4. The summed E-state index contributed by atoms with van der Waals surface area (Å²) in [5.41, 5.74) is 1.17. The first-order valence-corrected chi connectivity index (χ1v) is 6.34. The summed E-state index contributed by atoms with van der Waals surface area (Å²) in [4.78, 5) is 2.09. The lowest BCUT2D eigenvalue weighted by Crippen LogP contribution is -2.28. The molecule has 0 saturated carbocycles. The number of hydrogen-bond donors (Lipinski definition) is 0. The first-order chi connectivity index (χ1) is 9.06. The van der Waals surface area contributed by atoms with Crippen LogP contribution in [0.25, 0.3) is 0 Å². The van der Waals surface area contributed by atoms with Crippen LogP contribution in [-0.2, 0) is 6.54 Å². The molecule has 0 radical (unpaired) electrons. The molecule has 0 atom stereocenters. The Morgan fingerprint density at radius 2 is 2.05 bits per heavy atom. The lowest BCUT2D eigenvalue weighted by atomic mass is 10.1. The number of hydrogen-bond acceptors (Lipinski definition) is 3. The minimum absolute atomic E-state index is 0.334. The largest absolute Gasteiger partial charge is 0.298 e. The van der Waals surface area contributed by atoms with Gasteiger partial charge in [0.05, 0.1) is 17.7 Å². The molecule has 0 aliphatic carbocycles. The van der Waals surface area contributed by atoms with Crippen LogP contribution < -0.4 is 0 Å². The Morgan fingerprint density at radius 1 is 1.32 bits per heavy atom. The van der Waals surface area contributed by atoms with Gasteiger partial charge in [-0.3, -0.25) is 4.90 Å². The molecule has 1 aromatic carbocycles. The molecule has 0 saturated heterocycles. The lowest BCUT2D eigenvalue weighted by Gasteiger charge is -2.23. The molecule has 4 heteroatoms. The predicted octanol–water partition coefficient (Wildman–Crippen LogP) is 3.07. The van der Waals surface area contributed by atoms with Crippen molar-refractivity contribution in [2.24, 2.45) is 5.92 Å². The summed E-state index contributed by atoms with van der Waals surface area (Å²) < 4.78 is 13.3. The third-order valence-electron chi connectivity index (χ3n) is 2.74. The fourth-order valence-corrected chi connectivity index (χ4v) is 2.00. The van der Waals surface area contributed by atoms with Crippen LogP contribution in [0.3, 0.4) is 0 Å². The van der Waals surface area contributed by atoms with Gasteiger partial charge in [0.25, 0.3) is 0 Å². The zero-order chi connectivity index (χ0) is 14.3. The maximum atomic E-state index is 13.3.